The van der Waals surface area contributed by atoms with Crippen LogP contribution in [-0.4, -0.2) is 22.5 Å². The summed E-state index contributed by atoms with van der Waals surface area (Å²) in [7, 11) is 0. The van der Waals surface area contributed by atoms with Crippen molar-refractivity contribution in [2.24, 2.45) is 4.99 Å². The maximum Gasteiger partial charge on any atom is 0.333 e. The lowest BCUT2D eigenvalue weighted by Crippen LogP contribution is -2.43. The van der Waals surface area contributed by atoms with E-state index in [-0.39, 0.29) is 5.82 Å². The smallest absolute Gasteiger partial charge is 0.333 e. The average molecular weight is 374 g/mol. The minimum absolute atomic E-state index is 0.349. The Morgan fingerprint density at radius 1 is 0.964 bits per heavy atom. The number of hydrogen-bond acceptors (Lipinski definition) is 3. The van der Waals surface area contributed by atoms with Gasteiger partial charge in [0.2, 0.25) is 0 Å². The summed E-state index contributed by atoms with van der Waals surface area (Å²) in [6.07, 6.45) is 0. The van der Waals surface area contributed by atoms with Crippen molar-refractivity contribution in [3.8, 4) is 0 Å². The number of carboxylic acid groups (broad SMARTS) is 1. The standard InChI is InChI=1S/C23H19FN2O2/c1-23(22(27)28)20(16-8-4-2-5-9-16)26(19-14-12-18(24)13-15-19)21(25-23)17-10-6-3-7-11-17/h2-15,20H,1H3,(H,27,28)/t20-,23-/m1/s1. The summed E-state index contributed by atoms with van der Waals surface area (Å²) in [6.45, 7) is 1.62. The van der Waals surface area contributed by atoms with Crippen LogP contribution in [0.3, 0.4) is 0 Å². The third-order valence-corrected chi connectivity index (χ3v) is 5.04. The van der Waals surface area contributed by atoms with E-state index in [1.807, 2.05) is 65.6 Å². The summed E-state index contributed by atoms with van der Waals surface area (Å²) in [6, 6.07) is 24.3. The second kappa shape index (κ2) is 6.93. The highest BCUT2D eigenvalue weighted by Gasteiger charge is 2.52. The minimum atomic E-state index is -1.40. The van der Waals surface area contributed by atoms with Crippen molar-refractivity contribution in [1.29, 1.82) is 0 Å². The van der Waals surface area contributed by atoms with E-state index in [0.29, 0.717) is 11.5 Å². The van der Waals surface area contributed by atoms with Gasteiger partial charge in [-0.05, 0) is 36.8 Å². The molecule has 0 saturated heterocycles. The third kappa shape index (κ3) is 2.95. The molecule has 1 heterocycles. The zero-order valence-electron chi connectivity index (χ0n) is 15.3. The number of carboxylic acids is 1. The zero-order valence-corrected chi connectivity index (χ0v) is 15.3. The van der Waals surface area contributed by atoms with Crippen molar-refractivity contribution in [3.63, 3.8) is 0 Å². The molecule has 1 aliphatic rings. The monoisotopic (exact) mass is 374 g/mol. The number of aliphatic imine (C=N–C) groups is 1. The van der Waals surface area contributed by atoms with Crippen LogP contribution in [0.5, 0.6) is 0 Å². The molecule has 0 aliphatic carbocycles. The van der Waals surface area contributed by atoms with E-state index in [1.165, 1.54) is 12.1 Å². The number of nitrogens with zero attached hydrogens (tertiary/aromatic N) is 2. The second-order valence-electron chi connectivity index (χ2n) is 6.91. The average Bonchev–Trinajstić information content (AvgIpc) is 3.05. The molecule has 0 amide bonds. The van der Waals surface area contributed by atoms with Crippen molar-refractivity contribution in [1.82, 2.24) is 0 Å². The van der Waals surface area contributed by atoms with Crippen molar-refractivity contribution < 1.29 is 14.3 Å². The molecule has 0 fully saturated rings. The van der Waals surface area contributed by atoms with E-state index in [0.717, 1.165) is 11.1 Å². The van der Waals surface area contributed by atoms with Gasteiger partial charge in [-0.2, -0.15) is 0 Å². The second-order valence-corrected chi connectivity index (χ2v) is 6.91. The van der Waals surface area contributed by atoms with Gasteiger partial charge in [0.15, 0.2) is 5.54 Å². The molecule has 4 nitrogen and oxygen atoms in total. The van der Waals surface area contributed by atoms with E-state index in [2.05, 4.69) is 4.99 Å². The normalized spacial score (nSPS) is 21.4. The first-order valence-corrected chi connectivity index (χ1v) is 8.99. The van der Waals surface area contributed by atoms with Crippen LogP contribution in [0.2, 0.25) is 0 Å². The fraction of sp³-hybridized carbons (Fsp3) is 0.130. The van der Waals surface area contributed by atoms with Crippen LogP contribution in [0.15, 0.2) is 89.9 Å². The predicted molar refractivity (Wildman–Crippen MR) is 107 cm³/mol. The van der Waals surface area contributed by atoms with Gasteiger partial charge in [0.05, 0.1) is 6.04 Å². The minimum Gasteiger partial charge on any atom is -0.479 e. The predicted octanol–water partition coefficient (Wildman–Crippen LogP) is 4.68. The van der Waals surface area contributed by atoms with Crippen LogP contribution in [0.25, 0.3) is 0 Å². The number of hydrogen-bond donors (Lipinski definition) is 1. The summed E-state index contributed by atoms with van der Waals surface area (Å²) in [4.78, 5) is 18.9. The number of aliphatic carboxylic acids is 1. The summed E-state index contributed by atoms with van der Waals surface area (Å²) in [5.41, 5.74) is 0.910. The number of amidine groups is 1. The summed E-state index contributed by atoms with van der Waals surface area (Å²) in [5.74, 6) is -0.816. The van der Waals surface area contributed by atoms with Gasteiger partial charge in [0, 0.05) is 11.3 Å². The molecule has 0 bridgehead atoms. The van der Waals surface area contributed by atoms with E-state index in [1.54, 1.807) is 19.1 Å². The molecule has 3 aromatic rings. The molecule has 28 heavy (non-hydrogen) atoms. The Morgan fingerprint density at radius 2 is 1.54 bits per heavy atom. The highest BCUT2D eigenvalue weighted by atomic mass is 19.1. The lowest BCUT2D eigenvalue weighted by molar-refractivity contribution is -0.143. The summed E-state index contributed by atoms with van der Waals surface area (Å²) in [5, 5.41) is 10.1. The van der Waals surface area contributed by atoms with Crippen molar-refractivity contribution in [2.75, 3.05) is 4.90 Å². The number of carbonyl (C=O) groups is 1. The van der Waals surface area contributed by atoms with Gasteiger partial charge in [0.1, 0.15) is 11.7 Å². The summed E-state index contributed by atoms with van der Waals surface area (Å²) < 4.78 is 13.6. The van der Waals surface area contributed by atoms with Gasteiger partial charge in [-0.1, -0.05) is 60.7 Å². The highest BCUT2D eigenvalue weighted by Crippen LogP contribution is 2.44. The first kappa shape index (κ1) is 17.9. The SMILES string of the molecule is C[C@@]1(C(=O)O)N=C(c2ccccc2)N(c2ccc(F)cc2)[C@@H]1c1ccccc1. The molecule has 0 aromatic heterocycles. The Hall–Kier alpha value is -3.47. The quantitative estimate of drug-likeness (QED) is 0.722. The van der Waals surface area contributed by atoms with Crippen molar-refractivity contribution in [2.45, 2.75) is 18.5 Å². The molecular formula is C23H19FN2O2. The molecular weight excluding hydrogens is 355 g/mol. The lowest BCUT2D eigenvalue weighted by atomic mass is 9.87. The molecule has 0 saturated carbocycles. The Kier molecular flexibility index (Phi) is 4.43. The molecule has 1 N–H and O–H groups in total. The Bertz CT molecular complexity index is 1020. The van der Waals surface area contributed by atoms with Crippen molar-refractivity contribution in [3.05, 3.63) is 102 Å². The molecule has 140 valence electrons. The van der Waals surface area contributed by atoms with Crippen LogP contribution in [0.1, 0.15) is 24.1 Å². The zero-order chi connectivity index (χ0) is 19.7. The third-order valence-electron chi connectivity index (χ3n) is 5.04. The van der Waals surface area contributed by atoms with E-state index in [4.69, 9.17) is 0 Å². The van der Waals surface area contributed by atoms with Crippen LogP contribution >= 0.6 is 0 Å². The number of benzene rings is 3. The largest absolute Gasteiger partial charge is 0.479 e. The molecule has 1 aliphatic heterocycles. The highest BCUT2D eigenvalue weighted by molar-refractivity contribution is 6.14. The van der Waals surface area contributed by atoms with E-state index in [9.17, 15) is 14.3 Å². The lowest BCUT2D eigenvalue weighted by Gasteiger charge is -2.34. The maximum atomic E-state index is 13.6. The van der Waals surface area contributed by atoms with Gasteiger partial charge in [0.25, 0.3) is 0 Å². The molecule has 2 atom stereocenters. The van der Waals surface area contributed by atoms with Crippen LogP contribution in [0, 0.1) is 5.82 Å². The first-order chi connectivity index (χ1) is 13.5. The Balaban J connectivity index is 1.96. The number of halogens is 1. The van der Waals surface area contributed by atoms with Gasteiger partial charge < -0.3 is 10.0 Å². The van der Waals surface area contributed by atoms with E-state index < -0.39 is 17.6 Å². The summed E-state index contributed by atoms with van der Waals surface area (Å²) >= 11 is 0. The first-order valence-electron chi connectivity index (χ1n) is 8.99. The molecule has 0 spiro atoms. The molecule has 4 rings (SSSR count). The van der Waals surface area contributed by atoms with E-state index >= 15 is 0 Å². The molecule has 5 heteroatoms. The van der Waals surface area contributed by atoms with Gasteiger partial charge in [-0.25, -0.2) is 14.2 Å². The number of rotatable bonds is 4. The van der Waals surface area contributed by atoms with Crippen LogP contribution in [-0.2, 0) is 4.79 Å². The van der Waals surface area contributed by atoms with Crippen molar-refractivity contribution >= 4 is 17.5 Å². The fourth-order valence-corrected chi connectivity index (χ4v) is 3.65. The fourth-order valence-electron chi connectivity index (χ4n) is 3.65. The van der Waals surface area contributed by atoms with Gasteiger partial charge in [-0.15, -0.1) is 0 Å². The number of anilines is 1. The molecule has 0 radical (unpaired) electrons. The molecule has 0 unspecified atom stereocenters. The van der Waals surface area contributed by atoms with Crippen LogP contribution < -0.4 is 4.90 Å². The Morgan fingerprint density at radius 3 is 2.11 bits per heavy atom. The molecule has 3 aromatic carbocycles. The van der Waals surface area contributed by atoms with Gasteiger partial charge in [-0.3, -0.25) is 0 Å². The van der Waals surface area contributed by atoms with Gasteiger partial charge >= 0.3 is 5.97 Å². The topological polar surface area (TPSA) is 52.9 Å². The maximum absolute atomic E-state index is 13.6. The Labute approximate surface area is 162 Å². The van der Waals surface area contributed by atoms with Crippen LogP contribution in [0.4, 0.5) is 10.1 Å².